The molecule has 0 radical (unpaired) electrons. The number of rotatable bonds is 5. The molecule has 1 aromatic rings. The topological polar surface area (TPSA) is 80.9 Å². The standard InChI is InChI=1S/C9H14N4O/c1-7-4-13-8(6-12-7)5-11-3-2-9(10)14/h4,6,11H,2-3,5H2,1H3,(H2,10,14). The van der Waals surface area contributed by atoms with Crippen molar-refractivity contribution in [1.82, 2.24) is 15.3 Å². The Bertz CT molecular complexity index is 296. The Morgan fingerprint density at radius 3 is 2.86 bits per heavy atom. The molecule has 76 valence electrons. The third-order valence-corrected chi connectivity index (χ3v) is 1.69. The summed E-state index contributed by atoms with van der Waals surface area (Å²) in [5, 5.41) is 3.05. The number of hydrogen-bond acceptors (Lipinski definition) is 4. The van der Waals surface area contributed by atoms with Crippen LogP contribution in [0, 0.1) is 6.92 Å². The van der Waals surface area contributed by atoms with Crippen LogP contribution in [-0.4, -0.2) is 22.4 Å². The Morgan fingerprint density at radius 2 is 2.29 bits per heavy atom. The van der Waals surface area contributed by atoms with Gasteiger partial charge < -0.3 is 11.1 Å². The summed E-state index contributed by atoms with van der Waals surface area (Å²) in [5.74, 6) is -0.299. The predicted molar refractivity (Wildman–Crippen MR) is 52.3 cm³/mol. The second kappa shape index (κ2) is 5.29. The van der Waals surface area contributed by atoms with E-state index in [1.807, 2.05) is 6.92 Å². The lowest BCUT2D eigenvalue weighted by Crippen LogP contribution is -2.22. The summed E-state index contributed by atoms with van der Waals surface area (Å²) in [6, 6.07) is 0. The molecule has 1 rings (SSSR count). The van der Waals surface area contributed by atoms with Crippen LogP contribution in [0.5, 0.6) is 0 Å². The van der Waals surface area contributed by atoms with Gasteiger partial charge in [0.15, 0.2) is 0 Å². The van der Waals surface area contributed by atoms with Gasteiger partial charge in [-0.2, -0.15) is 0 Å². The van der Waals surface area contributed by atoms with Gasteiger partial charge in [-0.1, -0.05) is 0 Å². The highest BCUT2D eigenvalue weighted by Gasteiger charge is 1.96. The molecule has 0 unspecified atom stereocenters. The van der Waals surface area contributed by atoms with Crippen LogP contribution < -0.4 is 11.1 Å². The lowest BCUT2D eigenvalue weighted by Gasteiger charge is -2.02. The quantitative estimate of drug-likeness (QED) is 0.633. The molecule has 14 heavy (non-hydrogen) atoms. The summed E-state index contributed by atoms with van der Waals surface area (Å²) in [4.78, 5) is 18.7. The number of carbonyl (C=O) groups excluding carboxylic acids is 1. The summed E-state index contributed by atoms with van der Waals surface area (Å²) < 4.78 is 0. The molecule has 0 saturated heterocycles. The minimum absolute atomic E-state index is 0.299. The van der Waals surface area contributed by atoms with Crippen LogP contribution in [0.1, 0.15) is 17.8 Å². The van der Waals surface area contributed by atoms with Crippen LogP contribution in [0.3, 0.4) is 0 Å². The van der Waals surface area contributed by atoms with Gasteiger partial charge in [0.2, 0.25) is 5.91 Å². The first kappa shape index (κ1) is 10.6. The molecule has 0 aliphatic carbocycles. The van der Waals surface area contributed by atoms with Crippen LogP contribution in [0.2, 0.25) is 0 Å². The molecule has 1 aromatic heterocycles. The molecule has 0 aromatic carbocycles. The number of nitrogens with zero attached hydrogens (tertiary/aromatic N) is 2. The zero-order valence-corrected chi connectivity index (χ0v) is 8.16. The van der Waals surface area contributed by atoms with E-state index in [2.05, 4.69) is 15.3 Å². The maximum absolute atomic E-state index is 10.4. The van der Waals surface area contributed by atoms with Gasteiger partial charge in [-0.3, -0.25) is 14.8 Å². The van der Waals surface area contributed by atoms with E-state index in [9.17, 15) is 4.79 Å². The highest BCUT2D eigenvalue weighted by molar-refractivity contribution is 5.73. The van der Waals surface area contributed by atoms with Crippen molar-refractivity contribution in [3.63, 3.8) is 0 Å². The Hall–Kier alpha value is -1.49. The average molecular weight is 194 g/mol. The summed E-state index contributed by atoms with van der Waals surface area (Å²) in [6.07, 6.45) is 3.77. The highest BCUT2D eigenvalue weighted by atomic mass is 16.1. The van der Waals surface area contributed by atoms with Crippen molar-refractivity contribution in [3.8, 4) is 0 Å². The third kappa shape index (κ3) is 3.95. The van der Waals surface area contributed by atoms with Crippen molar-refractivity contribution in [2.45, 2.75) is 19.9 Å². The Morgan fingerprint density at radius 1 is 1.50 bits per heavy atom. The van der Waals surface area contributed by atoms with Crippen molar-refractivity contribution in [3.05, 3.63) is 23.8 Å². The first-order valence-corrected chi connectivity index (χ1v) is 4.45. The van der Waals surface area contributed by atoms with E-state index in [1.165, 1.54) is 0 Å². The summed E-state index contributed by atoms with van der Waals surface area (Å²) in [5.41, 5.74) is 6.74. The van der Waals surface area contributed by atoms with Crippen LogP contribution >= 0.6 is 0 Å². The lowest BCUT2D eigenvalue weighted by molar-refractivity contribution is -0.117. The number of aromatic nitrogens is 2. The second-order valence-electron chi connectivity index (χ2n) is 3.04. The Labute approximate surface area is 82.7 Å². The summed E-state index contributed by atoms with van der Waals surface area (Å²) in [6.45, 7) is 3.07. The molecule has 0 aliphatic heterocycles. The Kier molecular flexibility index (Phi) is 4.00. The van der Waals surface area contributed by atoms with E-state index in [0.29, 0.717) is 19.5 Å². The second-order valence-corrected chi connectivity index (χ2v) is 3.04. The lowest BCUT2D eigenvalue weighted by atomic mass is 10.4. The average Bonchev–Trinajstić information content (AvgIpc) is 2.15. The molecule has 3 N–H and O–H groups in total. The predicted octanol–water partition coefficient (Wildman–Crippen LogP) is -0.250. The number of carbonyl (C=O) groups is 1. The normalized spacial score (nSPS) is 10.1. The van der Waals surface area contributed by atoms with Gasteiger partial charge in [0.05, 0.1) is 11.4 Å². The molecule has 1 amide bonds. The van der Waals surface area contributed by atoms with Crippen molar-refractivity contribution >= 4 is 5.91 Å². The first-order chi connectivity index (χ1) is 6.68. The molecule has 0 fully saturated rings. The van der Waals surface area contributed by atoms with Crippen molar-refractivity contribution in [1.29, 1.82) is 0 Å². The van der Waals surface area contributed by atoms with Crippen LogP contribution in [0.4, 0.5) is 0 Å². The van der Waals surface area contributed by atoms with E-state index in [1.54, 1.807) is 12.4 Å². The largest absolute Gasteiger partial charge is 0.370 e. The molecular weight excluding hydrogens is 180 g/mol. The molecule has 0 bridgehead atoms. The van der Waals surface area contributed by atoms with Crippen molar-refractivity contribution in [2.75, 3.05) is 6.54 Å². The molecule has 0 spiro atoms. The highest BCUT2D eigenvalue weighted by Crippen LogP contribution is 1.92. The smallest absolute Gasteiger partial charge is 0.218 e. The third-order valence-electron chi connectivity index (χ3n) is 1.69. The zero-order valence-electron chi connectivity index (χ0n) is 8.16. The van der Waals surface area contributed by atoms with E-state index >= 15 is 0 Å². The maximum Gasteiger partial charge on any atom is 0.218 e. The van der Waals surface area contributed by atoms with Gasteiger partial charge in [-0.15, -0.1) is 0 Å². The fourth-order valence-electron chi connectivity index (χ4n) is 0.939. The number of nitrogens with one attached hydrogen (secondary N) is 1. The van der Waals surface area contributed by atoms with Gasteiger partial charge in [0, 0.05) is 31.9 Å². The number of amides is 1. The van der Waals surface area contributed by atoms with Crippen LogP contribution in [0.25, 0.3) is 0 Å². The number of nitrogens with two attached hydrogens (primary N) is 1. The van der Waals surface area contributed by atoms with E-state index in [4.69, 9.17) is 5.73 Å². The number of aryl methyl sites for hydroxylation is 1. The minimum Gasteiger partial charge on any atom is -0.370 e. The van der Waals surface area contributed by atoms with E-state index in [0.717, 1.165) is 11.4 Å². The number of hydrogen-bond donors (Lipinski definition) is 2. The molecule has 0 atom stereocenters. The molecule has 5 heteroatoms. The zero-order chi connectivity index (χ0) is 10.4. The SMILES string of the molecule is Cc1cnc(CNCCC(N)=O)cn1. The monoisotopic (exact) mass is 194 g/mol. The molecule has 0 aliphatic rings. The number of primary amides is 1. The molecule has 1 heterocycles. The van der Waals surface area contributed by atoms with Crippen molar-refractivity contribution < 1.29 is 4.79 Å². The van der Waals surface area contributed by atoms with E-state index < -0.39 is 0 Å². The van der Waals surface area contributed by atoms with Gasteiger partial charge in [0.25, 0.3) is 0 Å². The van der Waals surface area contributed by atoms with Crippen LogP contribution in [-0.2, 0) is 11.3 Å². The summed E-state index contributed by atoms with van der Waals surface area (Å²) in [7, 11) is 0. The van der Waals surface area contributed by atoms with Gasteiger partial charge in [-0.25, -0.2) is 0 Å². The fourth-order valence-corrected chi connectivity index (χ4v) is 0.939. The van der Waals surface area contributed by atoms with Gasteiger partial charge >= 0.3 is 0 Å². The Balaban J connectivity index is 2.25. The molecule has 5 nitrogen and oxygen atoms in total. The van der Waals surface area contributed by atoms with Crippen LogP contribution in [0.15, 0.2) is 12.4 Å². The molecule has 0 saturated carbocycles. The van der Waals surface area contributed by atoms with Crippen molar-refractivity contribution in [2.24, 2.45) is 5.73 Å². The van der Waals surface area contributed by atoms with Gasteiger partial charge in [0.1, 0.15) is 0 Å². The van der Waals surface area contributed by atoms with E-state index in [-0.39, 0.29) is 5.91 Å². The maximum atomic E-state index is 10.4. The summed E-state index contributed by atoms with van der Waals surface area (Å²) >= 11 is 0. The first-order valence-electron chi connectivity index (χ1n) is 4.45. The van der Waals surface area contributed by atoms with Gasteiger partial charge in [-0.05, 0) is 6.92 Å². The fraction of sp³-hybridized carbons (Fsp3) is 0.444. The minimum atomic E-state index is -0.299. The molecular formula is C9H14N4O.